The van der Waals surface area contributed by atoms with Gasteiger partial charge in [0.2, 0.25) is 5.95 Å². The summed E-state index contributed by atoms with van der Waals surface area (Å²) in [6.45, 7) is 6.21. The van der Waals surface area contributed by atoms with Crippen LogP contribution < -0.4 is 10.0 Å². The molecule has 0 amide bonds. The van der Waals surface area contributed by atoms with Crippen molar-refractivity contribution in [3.05, 3.63) is 35.8 Å². The quantitative estimate of drug-likeness (QED) is 0.873. The molecule has 7 nitrogen and oxygen atoms in total. The lowest BCUT2D eigenvalue weighted by Gasteiger charge is -2.08. The van der Waals surface area contributed by atoms with E-state index >= 15 is 0 Å². The molecule has 0 radical (unpaired) electrons. The molecule has 0 saturated carbocycles. The van der Waals surface area contributed by atoms with Crippen LogP contribution in [0.4, 0.5) is 11.8 Å². The fraction of sp³-hybridized carbons (Fsp3) is 0.308. The van der Waals surface area contributed by atoms with Gasteiger partial charge in [-0.25, -0.2) is 28.1 Å². The Balaban J connectivity index is 2.25. The first-order valence-electron chi connectivity index (χ1n) is 6.46. The topological polar surface area (TPSA) is 96.9 Å². The van der Waals surface area contributed by atoms with Crippen molar-refractivity contribution in [2.24, 2.45) is 0 Å². The molecule has 2 aromatic rings. The second kappa shape index (κ2) is 6.04. The highest BCUT2D eigenvalue weighted by atomic mass is 32.2. The van der Waals surface area contributed by atoms with Gasteiger partial charge in [-0.15, -0.1) is 0 Å². The Bertz CT molecular complexity index is 708. The molecule has 0 aliphatic carbocycles. The molecule has 112 valence electrons. The van der Waals surface area contributed by atoms with Crippen LogP contribution in [-0.2, 0) is 10.0 Å². The fourth-order valence-corrected chi connectivity index (χ4v) is 2.66. The minimum absolute atomic E-state index is 0.0586. The molecule has 0 unspecified atom stereocenters. The zero-order valence-corrected chi connectivity index (χ0v) is 12.9. The minimum atomic E-state index is -3.74. The van der Waals surface area contributed by atoms with Crippen molar-refractivity contribution in [3.8, 4) is 0 Å². The maximum Gasteiger partial charge on any atom is 0.265 e. The molecule has 0 aliphatic heterocycles. The van der Waals surface area contributed by atoms with E-state index in [1.807, 2.05) is 6.92 Å². The van der Waals surface area contributed by atoms with Crippen LogP contribution >= 0.6 is 0 Å². The molecule has 0 aliphatic rings. The molecule has 0 spiro atoms. The zero-order valence-electron chi connectivity index (χ0n) is 12.1. The van der Waals surface area contributed by atoms with E-state index in [1.54, 1.807) is 26.0 Å². The summed E-state index contributed by atoms with van der Waals surface area (Å²) in [4.78, 5) is 12.2. The number of hydrogen-bond acceptors (Lipinski definition) is 6. The minimum Gasteiger partial charge on any atom is -0.370 e. The molecular weight excluding hydrogens is 290 g/mol. The van der Waals surface area contributed by atoms with E-state index in [1.165, 1.54) is 12.3 Å². The maximum absolute atomic E-state index is 12.2. The van der Waals surface area contributed by atoms with Crippen molar-refractivity contribution in [1.29, 1.82) is 0 Å². The molecule has 8 heteroatoms. The highest BCUT2D eigenvalue weighted by Gasteiger charge is 2.16. The number of anilines is 2. The van der Waals surface area contributed by atoms with Crippen LogP contribution in [0, 0.1) is 13.8 Å². The number of sulfonamides is 1. The highest BCUT2D eigenvalue weighted by molar-refractivity contribution is 7.92. The smallest absolute Gasteiger partial charge is 0.265 e. The number of pyridine rings is 1. The number of nitrogens with one attached hydrogen (secondary N) is 2. The molecule has 0 atom stereocenters. The summed E-state index contributed by atoms with van der Waals surface area (Å²) < 4.78 is 26.8. The van der Waals surface area contributed by atoms with Crippen LogP contribution in [0.1, 0.15) is 18.3 Å². The maximum atomic E-state index is 12.2. The standard InChI is InChI=1S/C13H17N5O2S/c1-4-14-12-6-5-11(8-15-12)21(19,20)18-13-16-9(2)7-10(3)17-13/h5-8H,4H2,1-3H3,(H,14,15)(H,16,17,18). The van der Waals surface area contributed by atoms with Crippen LogP contribution in [-0.4, -0.2) is 29.9 Å². The van der Waals surface area contributed by atoms with Gasteiger partial charge in [-0.2, -0.15) is 0 Å². The van der Waals surface area contributed by atoms with E-state index in [4.69, 9.17) is 0 Å². The van der Waals surface area contributed by atoms with Gasteiger partial charge in [-0.3, -0.25) is 0 Å². The van der Waals surface area contributed by atoms with Crippen molar-refractivity contribution in [2.45, 2.75) is 25.7 Å². The molecule has 21 heavy (non-hydrogen) atoms. The van der Waals surface area contributed by atoms with Crippen molar-refractivity contribution < 1.29 is 8.42 Å². The van der Waals surface area contributed by atoms with Gasteiger partial charge in [0.15, 0.2) is 0 Å². The van der Waals surface area contributed by atoms with Gasteiger partial charge in [0.25, 0.3) is 10.0 Å². The third-order valence-electron chi connectivity index (χ3n) is 2.61. The average Bonchev–Trinajstić information content (AvgIpc) is 2.38. The van der Waals surface area contributed by atoms with Crippen LogP contribution in [0.3, 0.4) is 0 Å². The lowest BCUT2D eigenvalue weighted by Crippen LogP contribution is -2.16. The summed E-state index contributed by atoms with van der Waals surface area (Å²) in [5.74, 6) is 0.683. The molecule has 2 heterocycles. The number of aromatic nitrogens is 3. The number of rotatable bonds is 5. The van der Waals surface area contributed by atoms with Gasteiger partial charge in [0.1, 0.15) is 10.7 Å². The summed E-state index contributed by atoms with van der Waals surface area (Å²) in [5, 5.41) is 3.00. The van der Waals surface area contributed by atoms with Crippen molar-refractivity contribution >= 4 is 21.8 Å². The zero-order chi connectivity index (χ0) is 15.5. The second-order valence-electron chi connectivity index (χ2n) is 4.49. The first kappa shape index (κ1) is 15.2. The van der Waals surface area contributed by atoms with E-state index < -0.39 is 10.0 Å². The summed E-state index contributed by atoms with van der Waals surface area (Å²) in [5.41, 5.74) is 1.39. The van der Waals surface area contributed by atoms with Crippen LogP contribution in [0.25, 0.3) is 0 Å². The van der Waals surface area contributed by atoms with Crippen molar-refractivity contribution in [3.63, 3.8) is 0 Å². The average molecular weight is 307 g/mol. The second-order valence-corrected chi connectivity index (χ2v) is 6.17. The summed E-state index contributed by atoms with van der Waals surface area (Å²) in [6.07, 6.45) is 1.29. The van der Waals surface area contributed by atoms with Crippen molar-refractivity contribution in [2.75, 3.05) is 16.6 Å². The third-order valence-corrected chi connectivity index (χ3v) is 3.93. The van der Waals surface area contributed by atoms with Gasteiger partial charge < -0.3 is 5.32 Å². The van der Waals surface area contributed by atoms with Gasteiger partial charge in [0, 0.05) is 24.1 Å². The lowest BCUT2D eigenvalue weighted by atomic mass is 10.4. The Kier molecular flexibility index (Phi) is 4.37. The summed E-state index contributed by atoms with van der Waals surface area (Å²) >= 11 is 0. The first-order chi connectivity index (χ1) is 9.90. The number of hydrogen-bond donors (Lipinski definition) is 2. The third kappa shape index (κ3) is 3.88. The molecule has 0 bridgehead atoms. The van der Waals surface area contributed by atoms with Crippen LogP contribution in [0.15, 0.2) is 29.3 Å². The predicted octanol–water partition coefficient (Wildman–Crippen LogP) is 1.72. The monoisotopic (exact) mass is 307 g/mol. The van der Waals surface area contributed by atoms with E-state index in [9.17, 15) is 8.42 Å². The Morgan fingerprint density at radius 2 is 1.81 bits per heavy atom. The molecule has 2 rings (SSSR count). The van der Waals surface area contributed by atoms with E-state index in [0.29, 0.717) is 23.8 Å². The Morgan fingerprint density at radius 1 is 1.14 bits per heavy atom. The van der Waals surface area contributed by atoms with Gasteiger partial charge >= 0.3 is 0 Å². The predicted molar refractivity (Wildman–Crippen MR) is 80.7 cm³/mol. The molecule has 2 aromatic heterocycles. The Morgan fingerprint density at radius 3 is 2.33 bits per heavy atom. The van der Waals surface area contributed by atoms with Crippen LogP contribution in [0.5, 0.6) is 0 Å². The molecule has 2 N–H and O–H groups in total. The van der Waals surface area contributed by atoms with Crippen LogP contribution in [0.2, 0.25) is 0 Å². The highest BCUT2D eigenvalue weighted by Crippen LogP contribution is 2.14. The number of nitrogens with zero attached hydrogens (tertiary/aromatic N) is 3. The summed E-state index contributed by atoms with van der Waals surface area (Å²) in [6, 6.07) is 4.86. The fourth-order valence-electron chi connectivity index (χ4n) is 1.78. The largest absolute Gasteiger partial charge is 0.370 e. The molecular formula is C13H17N5O2S. The van der Waals surface area contributed by atoms with E-state index in [0.717, 1.165) is 0 Å². The Hall–Kier alpha value is -2.22. The lowest BCUT2D eigenvalue weighted by molar-refractivity contribution is 0.600. The SMILES string of the molecule is CCNc1ccc(S(=O)(=O)Nc2nc(C)cc(C)n2)cn1. The van der Waals surface area contributed by atoms with Crippen molar-refractivity contribution in [1.82, 2.24) is 15.0 Å². The molecule has 0 saturated heterocycles. The Labute approximate surface area is 123 Å². The van der Waals surface area contributed by atoms with Gasteiger partial charge in [-0.1, -0.05) is 0 Å². The van der Waals surface area contributed by atoms with Gasteiger partial charge in [0.05, 0.1) is 0 Å². The summed E-state index contributed by atoms with van der Waals surface area (Å²) in [7, 11) is -3.74. The molecule has 0 aromatic carbocycles. The molecule has 0 fully saturated rings. The van der Waals surface area contributed by atoms with Gasteiger partial charge in [-0.05, 0) is 39.0 Å². The number of aryl methyl sites for hydroxylation is 2. The normalized spacial score (nSPS) is 11.2. The van der Waals surface area contributed by atoms with E-state index in [-0.39, 0.29) is 10.8 Å². The van der Waals surface area contributed by atoms with E-state index in [2.05, 4.69) is 25.0 Å². The first-order valence-corrected chi connectivity index (χ1v) is 7.94.